The molecule has 0 saturated carbocycles. The van der Waals surface area contributed by atoms with Gasteiger partial charge >= 0.3 is 6.18 Å². The fourth-order valence-electron chi connectivity index (χ4n) is 2.54. The maximum absolute atomic E-state index is 12.9. The molecule has 1 aromatic heterocycles. The molecule has 0 amide bonds. The van der Waals surface area contributed by atoms with Crippen molar-refractivity contribution in [3.05, 3.63) is 77.1 Å². The van der Waals surface area contributed by atoms with E-state index in [0.717, 1.165) is 17.7 Å². The van der Waals surface area contributed by atoms with Crippen molar-refractivity contribution in [3.63, 3.8) is 0 Å². The highest BCUT2D eigenvalue weighted by molar-refractivity contribution is 5.60. The van der Waals surface area contributed by atoms with Gasteiger partial charge < -0.3 is 10.6 Å². The van der Waals surface area contributed by atoms with Crippen LogP contribution in [0.2, 0.25) is 0 Å². The van der Waals surface area contributed by atoms with Crippen LogP contribution in [0.3, 0.4) is 0 Å². The van der Waals surface area contributed by atoms with E-state index in [1.54, 1.807) is 19.1 Å². The van der Waals surface area contributed by atoms with Gasteiger partial charge in [-0.3, -0.25) is 0 Å². The normalized spacial score (nSPS) is 11.3. The monoisotopic (exact) mass is 372 g/mol. The van der Waals surface area contributed by atoms with Crippen LogP contribution in [0.4, 0.5) is 30.5 Å². The summed E-state index contributed by atoms with van der Waals surface area (Å²) in [6, 6.07) is 14.8. The molecular weight excluding hydrogens is 353 g/mol. The SMILES string of the molecule is Cc1ccc(CNc2cc(Nc3cccc(C(F)(F)F)c3)nc(C)n2)cc1. The minimum atomic E-state index is -4.39. The molecule has 0 bridgehead atoms. The molecule has 0 aliphatic carbocycles. The quantitative estimate of drug-likeness (QED) is 0.624. The van der Waals surface area contributed by atoms with Crippen molar-refractivity contribution in [2.75, 3.05) is 10.6 Å². The Labute approximate surface area is 155 Å². The van der Waals surface area contributed by atoms with E-state index in [1.807, 2.05) is 31.2 Å². The second-order valence-electron chi connectivity index (χ2n) is 6.23. The second-order valence-corrected chi connectivity index (χ2v) is 6.23. The zero-order chi connectivity index (χ0) is 19.4. The van der Waals surface area contributed by atoms with Crippen LogP contribution in [0, 0.1) is 13.8 Å². The number of nitrogens with one attached hydrogen (secondary N) is 2. The summed E-state index contributed by atoms with van der Waals surface area (Å²) in [5.74, 6) is 1.53. The molecule has 1 heterocycles. The third-order valence-electron chi connectivity index (χ3n) is 3.89. The third kappa shape index (κ3) is 5.20. The first-order valence-electron chi connectivity index (χ1n) is 8.39. The smallest absolute Gasteiger partial charge is 0.366 e. The summed E-state index contributed by atoms with van der Waals surface area (Å²) in [6.07, 6.45) is -4.39. The summed E-state index contributed by atoms with van der Waals surface area (Å²) in [5, 5.41) is 6.12. The van der Waals surface area contributed by atoms with E-state index in [1.165, 1.54) is 11.6 Å². The highest BCUT2D eigenvalue weighted by Crippen LogP contribution is 2.31. The summed E-state index contributed by atoms with van der Waals surface area (Å²) in [6.45, 7) is 4.34. The summed E-state index contributed by atoms with van der Waals surface area (Å²) < 4.78 is 38.6. The van der Waals surface area contributed by atoms with Gasteiger partial charge in [0, 0.05) is 18.3 Å². The Balaban J connectivity index is 1.74. The van der Waals surface area contributed by atoms with E-state index in [0.29, 0.717) is 29.7 Å². The summed E-state index contributed by atoms with van der Waals surface area (Å²) in [5.41, 5.74) is 1.89. The highest BCUT2D eigenvalue weighted by Gasteiger charge is 2.30. The van der Waals surface area contributed by atoms with E-state index in [2.05, 4.69) is 20.6 Å². The number of rotatable bonds is 5. The van der Waals surface area contributed by atoms with E-state index in [-0.39, 0.29) is 0 Å². The first-order valence-corrected chi connectivity index (χ1v) is 8.39. The molecule has 0 aliphatic rings. The molecule has 0 atom stereocenters. The van der Waals surface area contributed by atoms with Crippen LogP contribution in [0.1, 0.15) is 22.5 Å². The number of aromatic nitrogens is 2. The van der Waals surface area contributed by atoms with Crippen LogP contribution in [0.25, 0.3) is 0 Å². The lowest BCUT2D eigenvalue weighted by molar-refractivity contribution is -0.137. The van der Waals surface area contributed by atoms with Gasteiger partial charge in [-0.1, -0.05) is 35.9 Å². The van der Waals surface area contributed by atoms with Crippen LogP contribution < -0.4 is 10.6 Å². The number of aryl methyl sites for hydroxylation is 2. The Morgan fingerprint density at radius 1 is 0.889 bits per heavy atom. The standard InChI is InChI=1S/C20H19F3N4/c1-13-6-8-15(9-7-13)12-24-18-11-19(26-14(2)25-18)27-17-5-3-4-16(10-17)20(21,22)23/h3-11H,12H2,1-2H3,(H2,24,25,26,27). The Kier molecular flexibility index (Phi) is 5.30. The van der Waals surface area contributed by atoms with Crippen LogP contribution >= 0.6 is 0 Å². The lowest BCUT2D eigenvalue weighted by Crippen LogP contribution is -2.07. The van der Waals surface area contributed by atoms with Gasteiger partial charge in [-0.05, 0) is 37.6 Å². The van der Waals surface area contributed by atoms with E-state index >= 15 is 0 Å². The average molecular weight is 372 g/mol. The van der Waals surface area contributed by atoms with Gasteiger partial charge in [0.2, 0.25) is 0 Å². The summed E-state index contributed by atoms with van der Waals surface area (Å²) in [7, 11) is 0. The van der Waals surface area contributed by atoms with E-state index in [9.17, 15) is 13.2 Å². The van der Waals surface area contributed by atoms with Crippen LogP contribution in [0.15, 0.2) is 54.6 Å². The molecule has 2 N–H and O–H groups in total. The van der Waals surface area contributed by atoms with Crippen LogP contribution in [0.5, 0.6) is 0 Å². The predicted octanol–water partition coefficient (Wildman–Crippen LogP) is 5.47. The molecule has 27 heavy (non-hydrogen) atoms. The van der Waals surface area contributed by atoms with Gasteiger partial charge in [0.1, 0.15) is 17.5 Å². The second kappa shape index (κ2) is 7.65. The van der Waals surface area contributed by atoms with Crippen molar-refractivity contribution in [2.45, 2.75) is 26.6 Å². The molecular formula is C20H19F3N4. The molecule has 140 valence electrons. The molecule has 0 radical (unpaired) electrons. The van der Waals surface area contributed by atoms with Crippen molar-refractivity contribution in [2.24, 2.45) is 0 Å². The highest BCUT2D eigenvalue weighted by atomic mass is 19.4. The molecule has 0 spiro atoms. The summed E-state index contributed by atoms with van der Waals surface area (Å²) in [4.78, 5) is 8.57. The molecule has 4 nitrogen and oxygen atoms in total. The van der Waals surface area contributed by atoms with Gasteiger partial charge in [0.15, 0.2) is 0 Å². The predicted molar refractivity (Wildman–Crippen MR) is 100 cm³/mol. The third-order valence-corrected chi connectivity index (χ3v) is 3.89. The number of anilines is 3. The van der Waals surface area contributed by atoms with Gasteiger partial charge in [0.25, 0.3) is 0 Å². The number of hydrogen-bond acceptors (Lipinski definition) is 4. The molecule has 7 heteroatoms. The molecule has 0 fully saturated rings. The van der Waals surface area contributed by atoms with E-state index < -0.39 is 11.7 Å². The largest absolute Gasteiger partial charge is 0.416 e. The van der Waals surface area contributed by atoms with E-state index in [4.69, 9.17) is 0 Å². The van der Waals surface area contributed by atoms with Gasteiger partial charge in [-0.25, -0.2) is 9.97 Å². The van der Waals surface area contributed by atoms with Crippen LogP contribution in [-0.4, -0.2) is 9.97 Å². The molecule has 0 unspecified atom stereocenters. The van der Waals surface area contributed by atoms with Crippen molar-refractivity contribution >= 4 is 17.3 Å². The zero-order valence-electron chi connectivity index (χ0n) is 14.9. The van der Waals surface area contributed by atoms with Crippen molar-refractivity contribution in [1.82, 2.24) is 9.97 Å². The molecule has 0 aliphatic heterocycles. The summed E-state index contributed by atoms with van der Waals surface area (Å²) >= 11 is 0. The number of hydrogen-bond donors (Lipinski definition) is 2. The maximum atomic E-state index is 12.9. The van der Waals surface area contributed by atoms with Gasteiger partial charge in [0.05, 0.1) is 5.56 Å². The number of halogens is 3. The number of nitrogens with zero attached hydrogens (tertiary/aromatic N) is 2. The molecule has 2 aromatic carbocycles. The van der Waals surface area contributed by atoms with Crippen LogP contribution in [-0.2, 0) is 12.7 Å². The van der Waals surface area contributed by atoms with Gasteiger partial charge in [-0.2, -0.15) is 13.2 Å². The maximum Gasteiger partial charge on any atom is 0.416 e. The number of benzene rings is 2. The lowest BCUT2D eigenvalue weighted by Gasteiger charge is -2.12. The average Bonchev–Trinajstić information content (AvgIpc) is 2.60. The Morgan fingerprint density at radius 2 is 1.59 bits per heavy atom. The fraction of sp³-hybridized carbons (Fsp3) is 0.200. The first kappa shape index (κ1) is 18.7. The van der Waals surface area contributed by atoms with Crippen molar-refractivity contribution < 1.29 is 13.2 Å². The Morgan fingerprint density at radius 3 is 2.30 bits per heavy atom. The van der Waals surface area contributed by atoms with Crippen molar-refractivity contribution in [3.8, 4) is 0 Å². The Hall–Kier alpha value is -3.09. The number of alkyl halides is 3. The zero-order valence-corrected chi connectivity index (χ0v) is 14.9. The fourth-order valence-corrected chi connectivity index (χ4v) is 2.54. The molecule has 3 aromatic rings. The van der Waals surface area contributed by atoms with Gasteiger partial charge in [-0.15, -0.1) is 0 Å². The molecule has 0 saturated heterocycles. The topological polar surface area (TPSA) is 49.8 Å². The van der Waals surface area contributed by atoms with Crippen molar-refractivity contribution in [1.29, 1.82) is 0 Å². The lowest BCUT2D eigenvalue weighted by atomic mass is 10.1. The first-order chi connectivity index (χ1) is 12.8. The minimum absolute atomic E-state index is 0.312. The minimum Gasteiger partial charge on any atom is -0.366 e. The molecule has 3 rings (SSSR count). The Bertz CT molecular complexity index is 921.